The average Bonchev–Trinajstić information content (AvgIpc) is 2.72. The lowest BCUT2D eigenvalue weighted by Crippen LogP contribution is -2.51. The summed E-state index contributed by atoms with van der Waals surface area (Å²) in [7, 11) is -3.07. The molecule has 1 unspecified atom stereocenters. The number of nitrogens with zero attached hydrogens (tertiary/aromatic N) is 2. The van der Waals surface area contributed by atoms with Gasteiger partial charge in [-0.3, -0.25) is 9.59 Å². The average molecular weight is 417 g/mol. The van der Waals surface area contributed by atoms with Crippen LogP contribution in [0.1, 0.15) is 22.8 Å². The van der Waals surface area contributed by atoms with Crippen molar-refractivity contribution in [3.05, 3.63) is 59.8 Å². The molecule has 0 aliphatic carbocycles. The van der Waals surface area contributed by atoms with E-state index in [0.717, 1.165) is 5.56 Å². The molecule has 0 radical (unpaired) electrons. The minimum atomic E-state index is -3.07. The highest BCUT2D eigenvalue weighted by atomic mass is 32.2. The largest absolute Gasteiger partial charge is 0.473 e. The first-order valence-electron chi connectivity index (χ1n) is 9.27. The zero-order chi connectivity index (χ0) is 20.9. The Bertz CT molecular complexity index is 965. The highest BCUT2D eigenvalue weighted by molar-refractivity contribution is 7.91. The lowest BCUT2D eigenvalue weighted by Gasteiger charge is -2.29. The summed E-state index contributed by atoms with van der Waals surface area (Å²) in [6.45, 7) is 2.20. The quantitative estimate of drug-likeness (QED) is 0.753. The standard InChI is InChI=1S/C20H23N3O5S/c1-15(20(25)23-9-11-29(26,27)12-10-23)22-19(24)17-7-8-21-18(13-17)28-14-16-5-3-2-4-6-16/h2-8,13,15H,9-12,14H2,1H3,(H,22,24). The molecular weight excluding hydrogens is 394 g/mol. The molecule has 1 fully saturated rings. The summed E-state index contributed by atoms with van der Waals surface area (Å²) in [5, 5.41) is 2.65. The molecular formula is C20H23N3O5S. The second kappa shape index (κ2) is 9.04. The number of nitrogens with one attached hydrogen (secondary N) is 1. The zero-order valence-electron chi connectivity index (χ0n) is 16.1. The molecule has 0 saturated carbocycles. The van der Waals surface area contributed by atoms with E-state index in [1.54, 1.807) is 6.92 Å². The second-order valence-electron chi connectivity index (χ2n) is 6.83. The van der Waals surface area contributed by atoms with E-state index in [2.05, 4.69) is 10.3 Å². The van der Waals surface area contributed by atoms with Gasteiger partial charge < -0.3 is 15.0 Å². The van der Waals surface area contributed by atoms with E-state index < -0.39 is 21.8 Å². The van der Waals surface area contributed by atoms with Gasteiger partial charge in [0.1, 0.15) is 12.6 Å². The zero-order valence-corrected chi connectivity index (χ0v) is 16.9. The van der Waals surface area contributed by atoms with Crippen molar-refractivity contribution in [3.63, 3.8) is 0 Å². The summed E-state index contributed by atoms with van der Waals surface area (Å²) in [6.07, 6.45) is 1.47. The topological polar surface area (TPSA) is 106 Å². The van der Waals surface area contributed by atoms with Gasteiger partial charge in [-0.1, -0.05) is 30.3 Å². The van der Waals surface area contributed by atoms with E-state index >= 15 is 0 Å². The summed E-state index contributed by atoms with van der Waals surface area (Å²) >= 11 is 0. The fourth-order valence-electron chi connectivity index (χ4n) is 2.91. The van der Waals surface area contributed by atoms with Gasteiger partial charge in [0.25, 0.3) is 5.91 Å². The van der Waals surface area contributed by atoms with Gasteiger partial charge in [-0.05, 0) is 18.6 Å². The Kier molecular flexibility index (Phi) is 6.48. The van der Waals surface area contributed by atoms with Crippen molar-refractivity contribution in [2.45, 2.75) is 19.6 Å². The molecule has 1 saturated heterocycles. The van der Waals surface area contributed by atoms with Crippen LogP contribution in [0.15, 0.2) is 48.7 Å². The van der Waals surface area contributed by atoms with Crippen molar-refractivity contribution in [3.8, 4) is 5.88 Å². The molecule has 0 bridgehead atoms. The van der Waals surface area contributed by atoms with Crippen LogP contribution in [-0.4, -0.2) is 60.8 Å². The molecule has 1 aliphatic rings. The Labute approximate surface area is 169 Å². The lowest BCUT2D eigenvalue weighted by atomic mass is 10.2. The molecule has 3 rings (SSSR count). The first-order chi connectivity index (χ1) is 13.8. The predicted octanol–water partition coefficient (Wildman–Crippen LogP) is 1.04. The molecule has 154 valence electrons. The SMILES string of the molecule is CC(NC(=O)c1ccnc(OCc2ccccc2)c1)C(=O)N1CCS(=O)(=O)CC1. The molecule has 1 atom stereocenters. The van der Waals surface area contributed by atoms with Crippen LogP contribution in [0.5, 0.6) is 5.88 Å². The van der Waals surface area contributed by atoms with Crippen LogP contribution in [0.2, 0.25) is 0 Å². The van der Waals surface area contributed by atoms with E-state index in [0.29, 0.717) is 18.1 Å². The highest BCUT2D eigenvalue weighted by Crippen LogP contribution is 2.12. The molecule has 2 amide bonds. The summed E-state index contributed by atoms with van der Waals surface area (Å²) in [6, 6.07) is 11.9. The summed E-state index contributed by atoms with van der Waals surface area (Å²) < 4.78 is 28.6. The Morgan fingerprint density at radius 3 is 2.55 bits per heavy atom. The number of aromatic nitrogens is 1. The minimum Gasteiger partial charge on any atom is -0.473 e. The van der Waals surface area contributed by atoms with Gasteiger partial charge in [-0.25, -0.2) is 13.4 Å². The van der Waals surface area contributed by atoms with Crippen LogP contribution < -0.4 is 10.1 Å². The molecule has 8 nitrogen and oxygen atoms in total. The number of ether oxygens (including phenoxy) is 1. The van der Waals surface area contributed by atoms with Crippen molar-refractivity contribution in [1.29, 1.82) is 0 Å². The number of amides is 2. The Hall–Kier alpha value is -2.94. The molecule has 1 aromatic carbocycles. The van der Waals surface area contributed by atoms with Crippen LogP contribution in [0.25, 0.3) is 0 Å². The van der Waals surface area contributed by atoms with Gasteiger partial charge in [0.15, 0.2) is 9.84 Å². The molecule has 1 N–H and O–H groups in total. The van der Waals surface area contributed by atoms with Crippen molar-refractivity contribution in [2.75, 3.05) is 24.6 Å². The monoisotopic (exact) mass is 417 g/mol. The molecule has 1 aliphatic heterocycles. The second-order valence-corrected chi connectivity index (χ2v) is 9.13. The number of benzene rings is 1. The fraction of sp³-hybridized carbons (Fsp3) is 0.350. The number of hydrogen-bond donors (Lipinski definition) is 1. The van der Waals surface area contributed by atoms with Gasteiger partial charge in [-0.2, -0.15) is 0 Å². The lowest BCUT2D eigenvalue weighted by molar-refractivity contribution is -0.132. The van der Waals surface area contributed by atoms with Gasteiger partial charge in [0.2, 0.25) is 11.8 Å². The predicted molar refractivity (Wildman–Crippen MR) is 107 cm³/mol. The molecule has 1 aromatic heterocycles. The summed E-state index contributed by atoms with van der Waals surface area (Å²) in [5.41, 5.74) is 1.30. The first kappa shape index (κ1) is 20.8. The summed E-state index contributed by atoms with van der Waals surface area (Å²) in [4.78, 5) is 30.6. The molecule has 29 heavy (non-hydrogen) atoms. The molecule has 2 heterocycles. The first-order valence-corrected chi connectivity index (χ1v) is 11.1. The Balaban J connectivity index is 1.56. The van der Waals surface area contributed by atoms with E-state index in [1.807, 2.05) is 30.3 Å². The maximum absolute atomic E-state index is 12.5. The molecule has 2 aromatic rings. The maximum Gasteiger partial charge on any atom is 0.252 e. The van der Waals surface area contributed by atoms with Crippen LogP contribution in [0.4, 0.5) is 0 Å². The smallest absolute Gasteiger partial charge is 0.252 e. The van der Waals surface area contributed by atoms with Crippen LogP contribution >= 0.6 is 0 Å². The van der Waals surface area contributed by atoms with Crippen molar-refractivity contribution < 1.29 is 22.7 Å². The van der Waals surface area contributed by atoms with Crippen LogP contribution in [0, 0.1) is 0 Å². The van der Waals surface area contributed by atoms with E-state index in [1.165, 1.54) is 23.2 Å². The van der Waals surface area contributed by atoms with Crippen LogP contribution in [0.3, 0.4) is 0 Å². The number of carbonyl (C=O) groups is 2. The normalized spacial score (nSPS) is 16.7. The minimum absolute atomic E-state index is 0.0497. The van der Waals surface area contributed by atoms with E-state index in [4.69, 9.17) is 4.74 Å². The number of rotatable bonds is 6. The van der Waals surface area contributed by atoms with E-state index in [9.17, 15) is 18.0 Å². The van der Waals surface area contributed by atoms with Crippen LogP contribution in [-0.2, 0) is 21.2 Å². The van der Waals surface area contributed by atoms with Gasteiger partial charge in [0.05, 0.1) is 11.5 Å². The third-order valence-electron chi connectivity index (χ3n) is 4.60. The number of carbonyl (C=O) groups excluding carboxylic acids is 2. The van der Waals surface area contributed by atoms with Crippen molar-refractivity contribution in [1.82, 2.24) is 15.2 Å². The number of sulfone groups is 1. The molecule has 0 spiro atoms. The van der Waals surface area contributed by atoms with Gasteiger partial charge in [0, 0.05) is 30.9 Å². The van der Waals surface area contributed by atoms with Gasteiger partial charge >= 0.3 is 0 Å². The van der Waals surface area contributed by atoms with Crippen molar-refractivity contribution >= 4 is 21.7 Å². The maximum atomic E-state index is 12.5. The third-order valence-corrected chi connectivity index (χ3v) is 6.21. The Morgan fingerprint density at radius 2 is 1.86 bits per heavy atom. The van der Waals surface area contributed by atoms with E-state index in [-0.39, 0.29) is 30.5 Å². The highest BCUT2D eigenvalue weighted by Gasteiger charge is 2.28. The number of pyridine rings is 1. The fourth-order valence-corrected chi connectivity index (χ4v) is 4.11. The number of hydrogen-bond acceptors (Lipinski definition) is 6. The summed E-state index contributed by atoms with van der Waals surface area (Å²) in [5.74, 6) is -0.524. The van der Waals surface area contributed by atoms with Gasteiger partial charge in [-0.15, -0.1) is 0 Å². The third kappa shape index (κ3) is 5.77. The Morgan fingerprint density at radius 1 is 1.17 bits per heavy atom. The van der Waals surface area contributed by atoms with Crippen molar-refractivity contribution in [2.24, 2.45) is 0 Å². The molecule has 9 heteroatoms.